The third-order valence-electron chi connectivity index (χ3n) is 4.62. The predicted octanol–water partition coefficient (Wildman–Crippen LogP) is 5.52. The molecule has 1 saturated carbocycles. The molecule has 3 aromatic rings. The van der Waals surface area contributed by atoms with Gasteiger partial charge in [-0.3, -0.25) is 5.41 Å². The SMILES string of the molecule is C/C(=C\C(=N)Nc1nc(Nc2ccccc2-n2cccc2)ncc1Br)C1CC1. The van der Waals surface area contributed by atoms with Crippen molar-refractivity contribution in [3.05, 3.63) is 71.1 Å². The number of hydrogen-bond acceptors (Lipinski definition) is 4. The van der Waals surface area contributed by atoms with Crippen LogP contribution < -0.4 is 10.6 Å². The zero-order valence-corrected chi connectivity index (χ0v) is 17.1. The van der Waals surface area contributed by atoms with Crippen LogP contribution in [0, 0.1) is 11.3 Å². The topological polar surface area (TPSA) is 78.6 Å². The lowest BCUT2D eigenvalue weighted by Gasteiger charge is -2.13. The molecule has 0 radical (unpaired) electrons. The molecule has 3 N–H and O–H groups in total. The third-order valence-corrected chi connectivity index (χ3v) is 5.20. The average Bonchev–Trinajstić information content (AvgIpc) is 3.40. The van der Waals surface area contributed by atoms with Crippen LogP contribution in [0.25, 0.3) is 5.69 Å². The van der Waals surface area contributed by atoms with Crippen molar-refractivity contribution in [2.24, 2.45) is 5.92 Å². The molecule has 2 heterocycles. The molecule has 2 aromatic heterocycles. The lowest BCUT2D eigenvalue weighted by Crippen LogP contribution is -2.11. The summed E-state index contributed by atoms with van der Waals surface area (Å²) in [5.74, 6) is 1.97. The Balaban J connectivity index is 1.55. The molecule has 1 fully saturated rings. The molecule has 7 heteroatoms. The highest BCUT2D eigenvalue weighted by atomic mass is 79.9. The second-order valence-corrected chi connectivity index (χ2v) is 7.68. The summed E-state index contributed by atoms with van der Waals surface area (Å²) in [5, 5.41) is 14.5. The van der Waals surface area contributed by atoms with E-state index >= 15 is 0 Å². The number of aromatic nitrogens is 3. The van der Waals surface area contributed by atoms with E-state index in [9.17, 15) is 0 Å². The number of allylic oxidation sites excluding steroid dienone is 1. The van der Waals surface area contributed by atoms with Gasteiger partial charge in [0.2, 0.25) is 5.95 Å². The van der Waals surface area contributed by atoms with Crippen LogP contribution in [0.15, 0.2) is 71.1 Å². The number of anilines is 3. The van der Waals surface area contributed by atoms with Crippen molar-refractivity contribution in [1.29, 1.82) is 5.41 Å². The Bertz CT molecular complexity index is 1020. The van der Waals surface area contributed by atoms with E-state index in [-0.39, 0.29) is 0 Å². The van der Waals surface area contributed by atoms with Crippen molar-refractivity contribution < 1.29 is 0 Å². The summed E-state index contributed by atoms with van der Waals surface area (Å²) in [6, 6.07) is 11.9. The zero-order chi connectivity index (χ0) is 19.5. The number of nitrogens with one attached hydrogen (secondary N) is 3. The van der Waals surface area contributed by atoms with Crippen LogP contribution in [0.4, 0.5) is 17.5 Å². The maximum atomic E-state index is 8.20. The van der Waals surface area contributed by atoms with Gasteiger partial charge in [-0.05, 0) is 72.0 Å². The number of amidine groups is 1. The van der Waals surface area contributed by atoms with E-state index in [1.165, 1.54) is 18.4 Å². The summed E-state index contributed by atoms with van der Waals surface area (Å²) < 4.78 is 2.74. The number of para-hydroxylation sites is 2. The molecule has 0 amide bonds. The summed E-state index contributed by atoms with van der Waals surface area (Å²) in [7, 11) is 0. The highest BCUT2D eigenvalue weighted by Gasteiger charge is 2.23. The van der Waals surface area contributed by atoms with E-state index in [2.05, 4.69) is 43.5 Å². The Morgan fingerprint density at radius 1 is 1.21 bits per heavy atom. The second-order valence-electron chi connectivity index (χ2n) is 6.82. The monoisotopic (exact) mass is 436 g/mol. The summed E-state index contributed by atoms with van der Waals surface area (Å²) in [6.45, 7) is 2.08. The number of rotatable bonds is 6. The van der Waals surface area contributed by atoms with Gasteiger partial charge in [0, 0.05) is 18.6 Å². The van der Waals surface area contributed by atoms with Gasteiger partial charge in [0.05, 0.1) is 15.8 Å². The van der Waals surface area contributed by atoms with Gasteiger partial charge in [-0.25, -0.2) is 4.98 Å². The smallest absolute Gasteiger partial charge is 0.229 e. The van der Waals surface area contributed by atoms with Gasteiger partial charge in [0.25, 0.3) is 0 Å². The molecule has 0 spiro atoms. The van der Waals surface area contributed by atoms with E-state index < -0.39 is 0 Å². The summed E-state index contributed by atoms with van der Waals surface area (Å²) >= 11 is 3.46. The van der Waals surface area contributed by atoms with Crippen molar-refractivity contribution in [2.45, 2.75) is 19.8 Å². The second kappa shape index (κ2) is 7.98. The summed E-state index contributed by atoms with van der Waals surface area (Å²) in [5.41, 5.74) is 3.14. The molecule has 0 atom stereocenters. The normalized spacial score (nSPS) is 14.0. The largest absolute Gasteiger partial charge is 0.324 e. The summed E-state index contributed by atoms with van der Waals surface area (Å²) in [6.07, 6.45) is 9.99. The minimum absolute atomic E-state index is 0.322. The van der Waals surface area contributed by atoms with Gasteiger partial charge >= 0.3 is 0 Å². The molecule has 0 saturated heterocycles. The number of hydrogen-bond donors (Lipinski definition) is 3. The van der Waals surface area contributed by atoms with Gasteiger partial charge in [-0.2, -0.15) is 4.98 Å². The van der Waals surface area contributed by atoms with E-state index in [0.29, 0.717) is 28.0 Å². The van der Waals surface area contributed by atoms with E-state index in [4.69, 9.17) is 5.41 Å². The molecule has 28 heavy (non-hydrogen) atoms. The third kappa shape index (κ3) is 4.31. The maximum absolute atomic E-state index is 8.20. The van der Waals surface area contributed by atoms with Gasteiger partial charge in [-0.15, -0.1) is 0 Å². The van der Waals surface area contributed by atoms with Gasteiger partial charge < -0.3 is 15.2 Å². The molecule has 1 aromatic carbocycles. The Morgan fingerprint density at radius 2 is 1.96 bits per heavy atom. The fourth-order valence-electron chi connectivity index (χ4n) is 2.98. The zero-order valence-electron chi connectivity index (χ0n) is 15.5. The van der Waals surface area contributed by atoms with Crippen LogP contribution in [0.2, 0.25) is 0 Å². The van der Waals surface area contributed by atoms with Gasteiger partial charge in [0.1, 0.15) is 5.84 Å². The van der Waals surface area contributed by atoms with Crippen molar-refractivity contribution in [1.82, 2.24) is 14.5 Å². The fourth-order valence-corrected chi connectivity index (χ4v) is 3.27. The highest BCUT2D eigenvalue weighted by Crippen LogP contribution is 2.36. The van der Waals surface area contributed by atoms with Crippen molar-refractivity contribution in [3.63, 3.8) is 0 Å². The van der Waals surface area contributed by atoms with Crippen LogP contribution in [-0.2, 0) is 0 Å². The number of halogens is 1. The lowest BCUT2D eigenvalue weighted by atomic mass is 10.2. The minimum atomic E-state index is 0.322. The molecule has 0 bridgehead atoms. The number of benzene rings is 1. The van der Waals surface area contributed by atoms with Crippen LogP contribution in [0.3, 0.4) is 0 Å². The molecule has 142 valence electrons. The standard InChI is InChI=1S/C21H21BrN6/c1-14(15-8-9-15)12-19(23)26-20-16(22)13-24-21(27-20)25-17-6-2-3-7-18(17)28-10-4-5-11-28/h2-7,10-13,15H,8-9H2,1H3,(H3,23,24,25,26,27)/b14-12+. The van der Waals surface area contributed by atoms with Gasteiger partial charge in [-0.1, -0.05) is 17.7 Å². The van der Waals surface area contributed by atoms with Crippen molar-refractivity contribution in [3.8, 4) is 5.69 Å². The first-order chi connectivity index (χ1) is 13.6. The van der Waals surface area contributed by atoms with Crippen molar-refractivity contribution in [2.75, 3.05) is 10.6 Å². The number of nitrogens with zero attached hydrogens (tertiary/aromatic N) is 3. The van der Waals surface area contributed by atoms with E-state index in [1.807, 2.05) is 59.4 Å². The first-order valence-electron chi connectivity index (χ1n) is 9.16. The maximum Gasteiger partial charge on any atom is 0.229 e. The summed E-state index contributed by atoms with van der Waals surface area (Å²) in [4.78, 5) is 8.90. The predicted molar refractivity (Wildman–Crippen MR) is 117 cm³/mol. The first kappa shape index (κ1) is 18.4. The molecule has 6 nitrogen and oxygen atoms in total. The Morgan fingerprint density at radius 3 is 2.71 bits per heavy atom. The van der Waals surface area contributed by atoms with E-state index in [0.717, 1.165) is 11.4 Å². The van der Waals surface area contributed by atoms with Crippen LogP contribution >= 0.6 is 15.9 Å². The molecule has 1 aliphatic carbocycles. The molecule has 0 aliphatic heterocycles. The molecular formula is C21H21BrN6. The molecule has 0 unspecified atom stereocenters. The Hall–Kier alpha value is -2.93. The van der Waals surface area contributed by atoms with Crippen LogP contribution in [0.1, 0.15) is 19.8 Å². The van der Waals surface area contributed by atoms with Crippen LogP contribution in [-0.4, -0.2) is 20.4 Å². The molecule has 1 aliphatic rings. The van der Waals surface area contributed by atoms with Crippen LogP contribution in [0.5, 0.6) is 0 Å². The Labute approximate surface area is 172 Å². The average molecular weight is 437 g/mol. The first-order valence-corrected chi connectivity index (χ1v) is 9.95. The van der Waals surface area contributed by atoms with Crippen molar-refractivity contribution >= 4 is 39.2 Å². The quantitative estimate of drug-likeness (QED) is 0.351. The highest BCUT2D eigenvalue weighted by molar-refractivity contribution is 9.10. The lowest BCUT2D eigenvalue weighted by molar-refractivity contribution is 1.01. The Kier molecular flexibility index (Phi) is 5.25. The van der Waals surface area contributed by atoms with E-state index in [1.54, 1.807) is 6.20 Å². The molecule has 4 rings (SSSR count). The fraction of sp³-hybridized carbons (Fsp3) is 0.190. The van der Waals surface area contributed by atoms with Gasteiger partial charge in [0.15, 0.2) is 5.82 Å². The minimum Gasteiger partial charge on any atom is -0.324 e. The molecular weight excluding hydrogens is 416 g/mol.